The standard InChI is InChI=1S/C15H24N4O/c1-19(11-14-4-2-3-7-20-14)15-10-16-8-13(18-15)9-17-12-5-6-12/h8,10,12,14,17H,2-7,9,11H2,1H3. The Hall–Kier alpha value is -1.20. The maximum atomic E-state index is 5.79. The molecule has 1 saturated heterocycles. The van der Waals surface area contributed by atoms with Crippen molar-refractivity contribution in [2.24, 2.45) is 0 Å². The van der Waals surface area contributed by atoms with Crippen LogP contribution in [-0.4, -0.2) is 42.3 Å². The lowest BCUT2D eigenvalue weighted by Gasteiger charge is -2.28. The summed E-state index contributed by atoms with van der Waals surface area (Å²) in [6.45, 7) is 2.61. The van der Waals surface area contributed by atoms with Crippen LogP contribution in [-0.2, 0) is 11.3 Å². The van der Waals surface area contributed by atoms with Crippen molar-refractivity contribution in [1.29, 1.82) is 0 Å². The number of ether oxygens (including phenoxy) is 1. The van der Waals surface area contributed by atoms with E-state index in [1.54, 1.807) is 0 Å². The zero-order chi connectivity index (χ0) is 13.8. The molecule has 110 valence electrons. The molecule has 0 radical (unpaired) electrons. The second-order valence-electron chi connectivity index (χ2n) is 5.89. The van der Waals surface area contributed by atoms with Gasteiger partial charge in [-0.25, -0.2) is 4.98 Å². The summed E-state index contributed by atoms with van der Waals surface area (Å²) in [4.78, 5) is 11.2. The molecule has 0 amide bonds. The van der Waals surface area contributed by atoms with Gasteiger partial charge in [0.15, 0.2) is 0 Å². The minimum absolute atomic E-state index is 0.337. The number of nitrogens with one attached hydrogen (secondary N) is 1. The van der Waals surface area contributed by atoms with Gasteiger partial charge in [0.1, 0.15) is 5.82 Å². The van der Waals surface area contributed by atoms with Crippen molar-refractivity contribution in [2.45, 2.75) is 50.8 Å². The van der Waals surface area contributed by atoms with E-state index >= 15 is 0 Å². The van der Waals surface area contributed by atoms with Crippen molar-refractivity contribution < 1.29 is 4.74 Å². The zero-order valence-corrected chi connectivity index (χ0v) is 12.2. The van der Waals surface area contributed by atoms with E-state index in [9.17, 15) is 0 Å². The van der Waals surface area contributed by atoms with Crippen LogP contribution in [0.5, 0.6) is 0 Å². The molecule has 1 N–H and O–H groups in total. The molecule has 1 atom stereocenters. The summed E-state index contributed by atoms with van der Waals surface area (Å²) in [5.41, 5.74) is 1.02. The Morgan fingerprint density at radius 2 is 2.20 bits per heavy atom. The van der Waals surface area contributed by atoms with E-state index in [-0.39, 0.29) is 0 Å². The molecule has 2 heterocycles. The van der Waals surface area contributed by atoms with Gasteiger partial charge in [0.25, 0.3) is 0 Å². The highest BCUT2D eigenvalue weighted by molar-refractivity contribution is 5.35. The van der Waals surface area contributed by atoms with Gasteiger partial charge in [0.2, 0.25) is 0 Å². The van der Waals surface area contributed by atoms with E-state index in [1.165, 1.54) is 25.7 Å². The molecule has 1 saturated carbocycles. The first kappa shape index (κ1) is 13.8. The van der Waals surface area contributed by atoms with E-state index in [0.29, 0.717) is 12.1 Å². The monoisotopic (exact) mass is 276 g/mol. The van der Waals surface area contributed by atoms with Crippen molar-refractivity contribution in [3.63, 3.8) is 0 Å². The minimum atomic E-state index is 0.337. The molecule has 1 aliphatic carbocycles. The third-order valence-corrected chi connectivity index (χ3v) is 3.96. The Morgan fingerprint density at radius 3 is 2.95 bits per heavy atom. The van der Waals surface area contributed by atoms with Gasteiger partial charge in [0.05, 0.1) is 18.0 Å². The highest BCUT2D eigenvalue weighted by Gasteiger charge is 2.20. The molecule has 1 aromatic heterocycles. The summed E-state index contributed by atoms with van der Waals surface area (Å²) in [5, 5.41) is 3.47. The number of hydrogen-bond acceptors (Lipinski definition) is 5. The summed E-state index contributed by atoms with van der Waals surface area (Å²) in [5.74, 6) is 0.939. The molecule has 0 bridgehead atoms. The van der Waals surface area contributed by atoms with Crippen LogP contribution < -0.4 is 10.2 Å². The van der Waals surface area contributed by atoms with Gasteiger partial charge >= 0.3 is 0 Å². The summed E-state index contributed by atoms with van der Waals surface area (Å²) in [7, 11) is 2.07. The average Bonchev–Trinajstić information content (AvgIpc) is 3.31. The van der Waals surface area contributed by atoms with Crippen molar-refractivity contribution in [3.8, 4) is 0 Å². The third-order valence-electron chi connectivity index (χ3n) is 3.96. The predicted octanol–water partition coefficient (Wildman–Crippen LogP) is 1.73. The largest absolute Gasteiger partial charge is 0.376 e. The fourth-order valence-corrected chi connectivity index (χ4v) is 2.55. The molecule has 2 fully saturated rings. The average molecular weight is 276 g/mol. The fraction of sp³-hybridized carbons (Fsp3) is 0.733. The lowest BCUT2D eigenvalue weighted by Crippen LogP contribution is -2.34. The molecule has 1 aromatic rings. The Labute approximate surface area is 120 Å². The summed E-state index contributed by atoms with van der Waals surface area (Å²) >= 11 is 0. The molecular formula is C15H24N4O. The number of aromatic nitrogens is 2. The highest BCUT2D eigenvalue weighted by atomic mass is 16.5. The normalized spacial score (nSPS) is 22.8. The van der Waals surface area contributed by atoms with Crippen molar-refractivity contribution in [1.82, 2.24) is 15.3 Å². The van der Waals surface area contributed by atoms with Gasteiger partial charge in [-0.3, -0.25) is 4.98 Å². The Balaban J connectivity index is 1.55. The van der Waals surface area contributed by atoms with Crippen LogP contribution in [0.25, 0.3) is 0 Å². The molecule has 1 aliphatic heterocycles. The molecule has 5 heteroatoms. The van der Waals surface area contributed by atoms with Crippen LogP contribution in [0.4, 0.5) is 5.82 Å². The summed E-state index contributed by atoms with van der Waals surface area (Å²) in [6, 6.07) is 0.703. The zero-order valence-electron chi connectivity index (χ0n) is 12.2. The maximum absolute atomic E-state index is 5.79. The van der Waals surface area contributed by atoms with Crippen LogP contribution in [0.2, 0.25) is 0 Å². The van der Waals surface area contributed by atoms with E-state index in [0.717, 1.165) is 37.6 Å². The van der Waals surface area contributed by atoms with Crippen LogP contribution >= 0.6 is 0 Å². The third kappa shape index (κ3) is 3.90. The Bertz CT molecular complexity index is 430. The van der Waals surface area contributed by atoms with Gasteiger partial charge in [-0.05, 0) is 32.1 Å². The SMILES string of the molecule is CN(CC1CCCCO1)c1cncc(CNC2CC2)n1. The number of hydrogen-bond donors (Lipinski definition) is 1. The summed E-state index contributed by atoms with van der Waals surface area (Å²) < 4.78 is 5.79. The smallest absolute Gasteiger partial charge is 0.147 e. The van der Waals surface area contributed by atoms with Gasteiger partial charge in [-0.15, -0.1) is 0 Å². The van der Waals surface area contributed by atoms with E-state index < -0.39 is 0 Å². The second kappa shape index (κ2) is 6.50. The van der Waals surface area contributed by atoms with E-state index in [1.807, 2.05) is 12.4 Å². The fourth-order valence-electron chi connectivity index (χ4n) is 2.55. The molecule has 5 nitrogen and oxygen atoms in total. The van der Waals surface area contributed by atoms with Crippen molar-refractivity contribution >= 4 is 5.82 Å². The first-order valence-electron chi connectivity index (χ1n) is 7.68. The van der Waals surface area contributed by atoms with Gasteiger partial charge in [-0.2, -0.15) is 0 Å². The van der Waals surface area contributed by atoms with Crippen molar-refractivity contribution in [2.75, 3.05) is 25.1 Å². The Morgan fingerprint density at radius 1 is 1.30 bits per heavy atom. The molecule has 20 heavy (non-hydrogen) atoms. The first-order valence-corrected chi connectivity index (χ1v) is 7.68. The quantitative estimate of drug-likeness (QED) is 0.857. The van der Waals surface area contributed by atoms with E-state index in [2.05, 4.69) is 27.2 Å². The van der Waals surface area contributed by atoms with Gasteiger partial charge < -0.3 is 15.0 Å². The lowest BCUT2D eigenvalue weighted by molar-refractivity contribution is 0.0215. The molecule has 1 unspecified atom stereocenters. The minimum Gasteiger partial charge on any atom is -0.376 e. The highest BCUT2D eigenvalue weighted by Crippen LogP contribution is 2.19. The number of nitrogens with zero attached hydrogens (tertiary/aromatic N) is 3. The van der Waals surface area contributed by atoms with Crippen LogP contribution in [0.1, 0.15) is 37.8 Å². The topological polar surface area (TPSA) is 50.3 Å². The van der Waals surface area contributed by atoms with Crippen molar-refractivity contribution in [3.05, 3.63) is 18.1 Å². The molecule has 3 rings (SSSR count). The molecule has 0 aromatic carbocycles. The first-order chi connectivity index (χ1) is 9.81. The lowest BCUT2D eigenvalue weighted by atomic mass is 10.1. The molecule has 0 spiro atoms. The van der Waals surface area contributed by atoms with Gasteiger partial charge in [0, 0.05) is 39.0 Å². The van der Waals surface area contributed by atoms with E-state index in [4.69, 9.17) is 4.74 Å². The van der Waals surface area contributed by atoms with Gasteiger partial charge in [-0.1, -0.05) is 0 Å². The van der Waals surface area contributed by atoms with Crippen LogP contribution in [0.3, 0.4) is 0 Å². The Kier molecular flexibility index (Phi) is 4.47. The predicted molar refractivity (Wildman–Crippen MR) is 78.8 cm³/mol. The number of rotatable bonds is 6. The number of anilines is 1. The molecular weight excluding hydrogens is 252 g/mol. The second-order valence-corrected chi connectivity index (χ2v) is 5.89. The number of likely N-dealkylation sites (N-methyl/N-ethyl adjacent to an activating group) is 1. The summed E-state index contributed by atoms with van der Waals surface area (Å²) in [6.07, 6.45) is 10.2. The van der Waals surface area contributed by atoms with Crippen LogP contribution in [0.15, 0.2) is 12.4 Å². The maximum Gasteiger partial charge on any atom is 0.147 e. The molecule has 2 aliphatic rings. The van der Waals surface area contributed by atoms with Crippen LogP contribution in [0, 0.1) is 0 Å².